The molecule has 0 radical (unpaired) electrons. The van der Waals surface area contributed by atoms with E-state index in [9.17, 15) is 14.4 Å². The second-order valence-electron chi connectivity index (χ2n) is 15.2. The predicted octanol–water partition coefficient (Wildman–Crippen LogP) is 7.97. The lowest BCUT2D eigenvalue weighted by Crippen LogP contribution is -2.42. The highest BCUT2D eigenvalue weighted by Gasteiger charge is 2.41. The molecule has 2 N–H and O–H groups in total. The van der Waals surface area contributed by atoms with Crippen molar-refractivity contribution in [1.82, 2.24) is 20.0 Å². The Morgan fingerprint density at radius 3 is 2.48 bits per heavy atom. The summed E-state index contributed by atoms with van der Waals surface area (Å²) in [5.41, 5.74) is 7.55. The fourth-order valence-corrected chi connectivity index (χ4v) is 9.41. The highest BCUT2D eigenvalue weighted by molar-refractivity contribution is 7.11. The molecule has 3 fully saturated rings. The van der Waals surface area contributed by atoms with Crippen molar-refractivity contribution in [1.29, 1.82) is 0 Å². The summed E-state index contributed by atoms with van der Waals surface area (Å²) in [5.74, 6) is 0.257. The number of ketones is 2. The van der Waals surface area contributed by atoms with E-state index >= 15 is 0 Å². The number of carbonyl (C=O) groups is 3. The van der Waals surface area contributed by atoms with Crippen molar-refractivity contribution in [2.75, 3.05) is 13.1 Å². The van der Waals surface area contributed by atoms with Gasteiger partial charge in [0.1, 0.15) is 0 Å². The molecule has 1 aromatic carbocycles. The number of thiazole rings is 1. The van der Waals surface area contributed by atoms with Crippen LogP contribution in [0.4, 0.5) is 0 Å². The van der Waals surface area contributed by atoms with Crippen LogP contribution >= 0.6 is 22.9 Å². The molecule has 3 atom stereocenters. The van der Waals surface area contributed by atoms with E-state index in [-0.39, 0.29) is 42.2 Å². The van der Waals surface area contributed by atoms with Gasteiger partial charge in [-0.1, -0.05) is 73.8 Å². The number of amides is 1. The van der Waals surface area contributed by atoms with Crippen LogP contribution in [0.25, 0.3) is 0 Å². The number of halogens is 1. The largest absolute Gasteiger partial charge is 0.372 e. The molecular weight excluding hydrogens is 698 g/mol. The number of nitrogens with two attached hydrogens (primary N) is 1. The highest BCUT2D eigenvalue weighted by atomic mass is 35.5. The fraction of sp³-hybridized carbons (Fsp3) is 0.650. The SMILES string of the molecule is Cc1sc(C2CCCCC2)nc1CC(=O)N1C[C@H](OCc2ccc(Cl)cc2)C[C@H]1C(=O)C[C@@H](CCCCN)C(=O)c1noc(CC2CCCCC2)n1. The summed E-state index contributed by atoms with van der Waals surface area (Å²) < 4.78 is 11.8. The third-order valence-corrected chi connectivity index (χ3v) is 12.7. The van der Waals surface area contributed by atoms with Gasteiger partial charge in [-0.2, -0.15) is 4.98 Å². The lowest BCUT2D eigenvalue weighted by molar-refractivity contribution is -0.137. The molecular formula is C40H54ClN5O5S. The van der Waals surface area contributed by atoms with E-state index in [1.54, 1.807) is 16.2 Å². The van der Waals surface area contributed by atoms with Gasteiger partial charge in [0.15, 0.2) is 5.78 Å². The molecule has 2 aromatic heterocycles. The number of carbonyl (C=O) groups excluding carboxylic acids is 3. The Kier molecular flexibility index (Phi) is 14.0. The number of likely N-dealkylation sites (tertiary alicyclic amines) is 1. The van der Waals surface area contributed by atoms with Crippen LogP contribution in [0.3, 0.4) is 0 Å². The number of unbranched alkanes of at least 4 members (excludes halogenated alkanes) is 1. The number of nitrogens with zero attached hydrogens (tertiary/aromatic N) is 4. The molecule has 1 aliphatic heterocycles. The molecule has 0 spiro atoms. The first kappa shape index (κ1) is 38.7. The quantitative estimate of drug-likeness (QED) is 0.107. The maximum atomic E-state index is 14.3. The van der Waals surface area contributed by atoms with Gasteiger partial charge in [-0.25, -0.2) is 4.98 Å². The summed E-state index contributed by atoms with van der Waals surface area (Å²) in [7, 11) is 0. The van der Waals surface area contributed by atoms with Crippen LogP contribution in [0.15, 0.2) is 28.8 Å². The first-order chi connectivity index (χ1) is 25.3. The minimum atomic E-state index is -0.712. The standard InChI is InChI=1S/C40H54ClN5O5S/c1-26-33(43-40(52-26)29-12-6-3-7-13-29)23-37(48)46-24-32(50-25-28-15-17-31(41)18-16-28)22-34(46)35(47)21-30(14-8-9-19-42)38(49)39-44-36(51-45-39)20-27-10-4-2-5-11-27/h15-18,27,29-30,32,34H,2-14,19-25,42H2,1H3/t30-,32-,34+/m1/s1. The lowest BCUT2D eigenvalue weighted by atomic mass is 9.87. The molecule has 6 rings (SSSR count). The molecule has 0 bridgehead atoms. The Labute approximate surface area is 316 Å². The molecule has 3 aliphatic rings. The van der Waals surface area contributed by atoms with Crippen LogP contribution in [0.2, 0.25) is 5.02 Å². The van der Waals surface area contributed by atoms with Gasteiger partial charge in [0.05, 0.1) is 35.9 Å². The average Bonchev–Trinajstić information content (AvgIpc) is 3.90. The monoisotopic (exact) mass is 751 g/mol. The smallest absolute Gasteiger partial charge is 0.238 e. The molecule has 2 aliphatic carbocycles. The minimum absolute atomic E-state index is 0.0180. The van der Waals surface area contributed by atoms with Crippen LogP contribution in [-0.4, -0.2) is 62.7 Å². The van der Waals surface area contributed by atoms with Crippen LogP contribution in [0, 0.1) is 18.8 Å². The average molecular weight is 752 g/mol. The number of rotatable bonds is 17. The number of ether oxygens (including phenoxy) is 1. The van der Waals surface area contributed by atoms with Gasteiger partial charge in [0, 0.05) is 47.5 Å². The maximum Gasteiger partial charge on any atom is 0.238 e. The Hall–Kier alpha value is -2.99. The number of aryl methyl sites for hydroxylation is 1. The fourth-order valence-electron chi connectivity index (χ4n) is 8.18. The van der Waals surface area contributed by atoms with E-state index < -0.39 is 12.0 Å². The maximum absolute atomic E-state index is 14.3. The zero-order chi connectivity index (χ0) is 36.5. The third-order valence-electron chi connectivity index (χ3n) is 11.2. The first-order valence-corrected chi connectivity index (χ1v) is 20.7. The van der Waals surface area contributed by atoms with Gasteiger partial charge in [-0.15, -0.1) is 11.3 Å². The van der Waals surface area contributed by atoms with Gasteiger partial charge < -0.3 is 19.9 Å². The minimum Gasteiger partial charge on any atom is -0.372 e. The summed E-state index contributed by atoms with van der Waals surface area (Å²) in [6.45, 7) is 3.16. The second kappa shape index (κ2) is 18.9. The van der Waals surface area contributed by atoms with Crippen molar-refractivity contribution in [2.24, 2.45) is 17.6 Å². The van der Waals surface area contributed by atoms with E-state index in [1.807, 2.05) is 31.2 Å². The number of hydrogen-bond acceptors (Lipinski definition) is 10. The van der Waals surface area contributed by atoms with Crippen LogP contribution in [0.5, 0.6) is 0 Å². The molecule has 3 aromatic rings. The lowest BCUT2D eigenvalue weighted by Gasteiger charge is -2.25. The number of benzene rings is 1. The molecule has 10 nitrogen and oxygen atoms in total. The third kappa shape index (κ3) is 10.4. The molecule has 2 saturated carbocycles. The van der Waals surface area contributed by atoms with Crippen molar-refractivity contribution in [3.63, 3.8) is 0 Å². The highest BCUT2D eigenvalue weighted by Crippen LogP contribution is 2.36. The summed E-state index contributed by atoms with van der Waals surface area (Å²) in [6.07, 6.45) is 14.6. The molecule has 1 saturated heterocycles. The van der Waals surface area contributed by atoms with E-state index in [1.165, 1.54) is 38.5 Å². The molecule has 52 heavy (non-hydrogen) atoms. The molecule has 282 valence electrons. The topological polar surface area (TPSA) is 142 Å². The van der Waals surface area contributed by atoms with Crippen molar-refractivity contribution < 1.29 is 23.6 Å². The zero-order valence-corrected chi connectivity index (χ0v) is 32.1. The van der Waals surface area contributed by atoms with Gasteiger partial charge in [-0.05, 0) is 75.6 Å². The van der Waals surface area contributed by atoms with Gasteiger partial charge >= 0.3 is 0 Å². The Bertz CT molecular complexity index is 1630. The zero-order valence-electron chi connectivity index (χ0n) is 30.5. The van der Waals surface area contributed by atoms with E-state index in [0.717, 1.165) is 53.2 Å². The predicted molar refractivity (Wildman–Crippen MR) is 201 cm³/mol. The van der Waals surface area contributed by atoms with E-state index in [2.05, 4.69) is 10.1 Å². The Morgan fingerprint density at radius 1 is 1.02 bits per heavy atom. The Morgan fingerprint density at radius 2 is 1.75 bits per heavy atom. The van der Waals surface area contributed by atoms with Crippen molar-refractivity contribution >= 4 is 40.4 Å². The van der Waals surface area contributed by atoms with Crippen LogP contribution < -0.4 is 5.73 Å². The molecule has 1 amide bonds. The number of Topliss-reactive ketones (excluding diaryl/α,β-unsaturated/α-hetero) is 2. The molecule has 12 heteroatoms. The number of aromatic nitrogens is 3. The van der Waals surface area contributed by atoms with Crippen molar-refractivity contribution in [2.45, 2.75) is 141 Å². The summed E-state index contributed by atoms with van der Waals surface area (Å²) in [5, 5.41) is 5.84. The van der Waals surface area contributed by atoms with E-state index in [0.29, 0.717) is 68.1 Å². The first-order valence-electron chi connectivity index (χ1n) is 19.5. The van der Waals surface area contributed by atoms with Crippen molar-refractivity contribution in [3.05, 3.63) is 62.1 Å². The van der Waals surface area contributed by atoms with Crippen molar-refractivity contribution in [3.8, 4) is 0 Å². The number of hydrogen-bond donors (Lipinski definition) is 1. The Balaban J connectivity index is 1.16. The second-order valence-corrected chi connectivity index (χ2v) is 16.8. The van der Waals surface area contributed by atoms with Crippen LogP contribution in [0.1, 0.15) is 140 Å². The summed E-state index contributed by atoms with van der Waals surface area (Å²) >= 11 is 7.78. The van der Waals surface area contributed by atoms with Gasteiger partial charge in [0.25, 0.3) is 0 Å². The van der Waals surface area contributed by atoms with E-state index in [4.69, 9.17) is 31.6 Å². The van der Waals surface area contributed by atoms with Gasteiger partial charge in [-0.3, -0.25) is 14.4 Å². The molecule has 3 heterocycles. The summed E-state index contributed by atoms with van der Waals surface area (Å²) in [4.78, 5) is 54.5. The van der Waals surface area contributed by atoms with Crippen LogP contribution in [-0.2, 0) is 33.8 Å². The normalized spacial score (nSPS) is 20.7. The summed E-state index contributed by atoms with van der Waals surface area (Å²) in [6, 6.07) is 6.75. The molecule has 0 unspecified atom stereocenters. The van der Waals surface area contributed by atoms with Gasteiger partial charge in [0.2, 0.25) is 23.4 Å².